The number of halogens is 1. The molecule has 6 rings (SSSR count). The average Bonchev–Trinajstić information content (AvgIpc) is 3.01. The van der Waals surface area contributed by atoms with Crippen molar-refractivity contribution in [1.29, 1.82) is 0 Å². The number of carbonyl (C=O) groups excluding carboxylic acids is 1. The molecular formula is C35H30BrN3O3S. The second kappa shape index (κ2) is 11.7. The van der Waals surface area contributed by atoms with Gasteiger partial charge in [-0.3, -0.25) is 14.4 Å². The zero-order chi connectivity index (χ0) is 30.1. The maximum atomic E-state index is 14.5. The van der Waals surface area contributed by atoms with Crippen molar-refractivity contribution in [3.05, 3.63) is 154 Å². The quantitative estimate of drug-likeness (QED) is 0.192. The summed E-state index contributed by atoms with van der Waals surface area (Å²) >= 11 is 3.74. The van der Waals surface area contributed by atoms with Gasteiger partial charge in [-0.05, 0) is 67.9 Å². The van der Waals surface area contributed by atoms with Gasteiger partial charge in [-0.1, -0.05) is 99.9 Å². The Labute approximate surface area is 260 Å². The molecule has 0 bridgehead atoms. The van der Waals surface area contributed by atoms with E-state index >= 15 is 0 Å². The van der Waals surface area contributed by atoms with Crippen LogP contribution in [0.4, 0.5) is 17.1 Å². The van der Waals surface area contributed by atoms with Gasteiger partial charge in [0.15, 0.2) is 0 Å². The lowest BCUT2D eigenvalue weighted by Crippen LogP contribution is -2.49. The first-order chi connectivity index (χ1) is 20.7. The summed E-state index contributed by atoms with van der Waals surface area (Å²) in [5.74, 6) is -0.281. The molecule has 0 aliphatic carbocycles. The Balaban J connectivity index is 1.53. The van der Waals surface area contributed by atoms with E-state index in [1.807, 2.05) is 105 Å². The number of amides is 1. The number of anilines is 3. The van der Waals surface area contributed by atoms with Crippen molar-refractivity contribution in [2.45, 2.75) is 31.5 Å². The number of hydrogen-bond donors (Lipinski definition) is 1. The fourth-order valence-electron chi connectivity index (χ4n) is 5.36. The zero-order valence-electron chi connectivity index (χ0n) is 23.7. The molecule has 1 aliphatic rings. The van der Waals surface area contributed by atoms with Crippen molar-refractivity contribution in [2.24, 2.45) is 0 Å². The first-order valence-electron chi connectivity index (χ1n) is 13.9. The number of aryl methyl sites for hydroxylation is 2. The third kappa shape index (κ3) is 5.81. The Morgan fingerprint density at radius 3 is 2.07 bits per heavy atom. The van der Waals surface area contributed by atoms with Crippen molar-refractivity contribution in [1.82, 2.24) is 0 Å². The van der Waals surface area contributed by atoms with Crippen LogP contribution < -0.4 is 14.5 Å². The summed E-state index contributed by atoms with van der Waals surface area (Å²) in [6.45, 7) is 4.43. The highest BCUT2D eigenvalue weighted by Crippen LogP contribution is 2.44. The lowest BCUT2D eigenvalue weighted by Gasteiger charge is -2.46. The highest BCUT2D eigenvalue weighted by molar-refractivity contribution is 9.10. The van der Waals surface area contributed by atoms with Gasteiger partial charge in [0.1, 0.15) is 6.17 Å². The van der Waals surface area contributed by atoms with E-state index < -0.39 is 16.2 Å². The maximum Gasteiger partial charge on any atom is 0.262 e. The molecule has 5 aromatic rings. The Kier molecular flexibility index (Phi) is 7.81. The normalized spacial score (nSPS) is 14.9. The predicted octanol–water partition coefficient (Wildman–Crippen LogP) is 8.23. The topological polar surface area (TPSA) is 69.7 Å². The molecular weight excluding hydrogens is 622 g/mol. The summed E-state index contributed by atoms with van der Waals surface area (Å²) < 4.78 is 30.6. The second-order valence-electron chi connectivity index (χ2n) is 10.7. The molecule has 6 nitrogen and oxygen atoms in total. The van der Waals surface area contributed by atoms with Crippen LogP contribution in [0.25, 0.3) is 0 Å². The molecule has 8 heteroatoms. The first-order valence-corrected chi connectivity index (χ1v) is 16.2. The molecule has 1 atom stereocenters. The van der Waals surface area contributed by atoms with Gasteiger partial charge < -0.3 is 4.90 Å². The molecule has 0 radical (unpaired) electrons. The molecule has 0 saturated heterocycles. The van der Waals surface area contributed by atoms with Gasteiger partial charge in [0.2, 0.25) is 0 Å². The highest BCUT2D eigenvalue weighted by Gasteiger charge is 2.41. The van der Waals surface area contributed by atoms with Gasteiger partial charge in [0, 0.05) is 28.0 Å². The van der Waals surface area contributed by atoms with Gasteiger partial charge in [0.25, 0.3) is 15.9 Å². The summed E-state index contributed by atoms with van der Waals surface area (Å²) in [5.41, 5.74) is 6.21. The van der Waals surface area contributed by atoms with Crippen LogP contribution in [-0.4, -0.2) is 14.3 Å². The minimum absolute atomic E-state index is 0.0167. The van der Waals surface area contributed by atoms with Gasteiger partial charge in [-0.25, -0.2) is 8.42 Å². The Morgan fingerprint density at radius 2 is 1.40 bits per heavy atom. The molecule has 0 unspecified atom stereocenters. The Bertz CT molecular complexity index is 1890. The smallest absolute Gasteiger partial charge is 0.262 e. The van der Waals surface area contributed by atoms with E-state index in [0.717, 1.165) is 26.7 Å². The van der Waals surface area contributed by atoms with E-state index in [2.05, 4.69) is 25.6 Å². The van der Waals surface area contributed by atoms with E-state index in [-0.39, 0.29) is 10.8 Å². The molecule has 0 saturated carbocycles. The second-order valence-corrected chi connectivity index (χ2v) is 13.2. The van der Waals surface area contributed by atoms with E-state index in [0.29, 0.717) is 29.2 Å². The lowest BCUT2D eigenvalue weighted by molar-refractivity contribution is 0.0968. The van der Waals surface area contributed by atoms with Crippen LogP contribution >= 0.6 is 15.9 Å². The number of rotatable bonds is 7. The van der Waals surface area contributed by atoms with Crippen molar-refractivity contribution in [2.75, 3.05) is 14.5 Å². The molecule has 0 fully saturated rings. The third-order valence-electron chi connectivity index (χ3n) is 7.57. The highest BCUT2D eigenvalue weighted by atomic mass is 79.9. The minimum atomic E-state index is -3.97. The predicted molar refractivity (Wildman–Crippen MR) is 176 cm³/mol. The lowest BCUT2D eigenvalue weighted by atomic mass is 9.99. The average molecular weight is 653 g/mol. The van der Waals surface area contributed by atoms with Crippen molar-refractivity contribution in [3.63, 3.8) is 0 Å². The Hall–Kier alpha value is -4.40. The van der Waals surface area contributed by atoms with Crippen LogP contribution in [0.3, 0.4) is 0 Å². The minimum Gasteiger partial charge on any atom is -0.342 e. The van der Waals surface area contributed by atoms with Gasteiger partial charge >= 0.3 is 0 Å². The van der Waals surface area contributed by atoms with E-state index in [1.165, 1.54) is 6.07 Å². The number of sulfonamides is 1. The van der Waals surface area contributed by atoms with Crippen LogP contribution in [0.15, 0.2) is 131 Å². The van der Waals surface area contributed by atoms with Crippen molar-refractivity contribution >= 4 is 48.9 Å². The molecule has 0 aromatic heterocycles. The number of carbonyl (C=O) groups is 1. The third-order valence-corrected chi connectivity index (χ3v) is 9.67. The maximum absolute atomic E-state index is 14.5. The molecule has 5 aromatic carbocycles. The van der Waals surface area contributed by atoms with Crippen LogP contribution in [-0.2, 0) is 16.6 Å². The molecule has 0 spiro atoms. The Morgan fingerprint density at radius 1 is 0.767 bits per heavy atom. The molecule has 216 valence electrons. The first kappa shape index (κ1) is 28.7. The standard InChI is InChI=1S/C35H30BrN3O3S/c1-24-12-16-27(17-13-24)37-43(41,42)29-20-21-33-31(22-29)35(40)39(28-18-14-25(2)15-19-28)34(30-10-6-7-11-32(30)36)38(33)23-26-8-4-3-5-9-26/h3-22,34,37H,23H2,1-2H3/t34-/m0/s1. The van der Waals surface area contributed by atoms with Crippen LogP contribution in [0.1, 0.15) is 38.8 Å². The van der Waals surface area contributed by atoms with Crippen molar-refractivity contribution < 1.29 is 13.2 Å². The van der Waals surface area contributed by atoms with Gasteiger partial charge in [-0.15, -0.1) is 0 Å². The fraction of sp³-hybridized carbons (Fsp3) is 0.114. The van der Waals surface area contributed by atoms with E-state index in [4.69, 9.17) is 0 Å². The van der Waals surface area contributed by atoms with Crippen LogP contribution in [0.5, 0.6) is 0 Å². The summed E-state index contributed by atoms with van der Waals surface area (Å²) in [6, 6.07) is 37.7. The number of benzene rings is 5. The van der Waals surface area contributed by atoms with Crippen LogP contribution in [0, 0.1) is 13.8 Å². The number of fused-ring (bicyclic) bond motifs is 1. The SMILES string of the molecule is Cc1ccc(NS(=O)(=O)c2ccc3c(c2)C(=O)N(c2ccc(C)cc2)[C@@H](c2ccccc2Br)N3Cc2ccccc2)cc1. The summed E-state index contributed by atoms with van der Waals surface area (Å²) in [7, 11) is -3.97. The molecule has 43 heavy (non-hydrogen) atoms. The van der Waals surface area contributed by atoms with E-state index in [1.54, 1.807) is 29.2 Å². The largest absolute Gasteiger partial charge is 0.342 e. The summed E-state index contributed by atoms with van der Waals surface area (Å²) in [6.07, 6.45) is -0.508. The van der Waals surface area contributed by atoms with Crippen molar-refractivity contribution in [3.8, 4) is 0 Å². The number of nitrogens with zero attached hydrogens (tertiary/aromatic N) is 2. The monoisotopic (exact) mass is 651 g/mol. The molecule has 1 amide bonds. The molecule has 1 N–H and O–H groups in total. The summed E-state index contributed by atoms with van der Waals surface area (Å²) in [5, 5.41) is 0. The van der Waals surface area contributed by atoms with Crippen LogP contribution in [0.2, 0.25) is 0 Å². The number of hydrogen-bond acceptors (Lipinski definition) is 4. The van der Waals surface area contributed by atoms with Gasteiger partial charge in [0.05, 0.1) is 16.1 Å². The molecule has 1 aliphatic heterocycles. The molecule has 1 heterocycles. The summed E-state index contributed by atoms with van der Waals surface area (Å²) in [4.78, 5) is 18.5. The zero-order valence-corrected chi connectivity index (χ0v) is 26.1. The van der Waals surface area contributed by atoms with Gasteiger partial charge in [-0.2, -0.15) is 0 Å². The number of nitrogens with one attached hydrogen (secondary N) is 1. The van der Waals surface area contributed by atoms with E-state index in [9.17, 15) is 13.2 Å². The fourth-order valence-corrected chi connectivity index (χ4v) is 6.93.